The highest BCUT2D eigenvalue weighted by Crippen LogP contribution is 2.21. The normalized spacial score (nSPS) is 9.64. The molecule has 0 aliphatic heterocycles. The van der Waals surface area contributed by atoms with Crippen LogP contribution >= 0.6 is 15.9 Å². The predicted molar refractivity (Wildman–Crippen MR) is 38.5 cm³/mol. The molecule has 0 aliphatic carbocycles. The summed E-state index contributed by atoms with van der Waals surface area (Å²) in [5.41, 5.74) is 0. The van der Waals surface area contributed by atoms with Gasteiger partial charge in [0.05, 0.1) is 0 Å². The predicted octanol–water partition coefficient (Wildman–Crippen LogP) is 1.89. The zero-order valence-electron chi connectivity index (χ0n) is 5.12. The van der Waals surface area contributed by atoms with Crippen LogP contribution in [0.3, 0.4) is 0 Å². The van der Waals surface area contributed by atoms with E-state index in [1.807, 2.05) is 0 Å². The van der Waals surface area contributed by atoms with Gasteiger partial charge in [-0.1, -0.05) is 0 Å². The number of nitrogens with zero attached hydrogens (tertiary/aromatic N) is 2. The van der Waals surface area contributed by atoms with Crippen molar-refractivity contribution in [1.29, 1.82) is 0 Å². The van der Waals surface area contributed by atoms with Crippen molar-refractivity contribution < 1.29 is 9.31 Å². The number of rotatable bonds is 1. The molecule has 0 aromatic carbocycles. The lowest BCUT2D eigenvalue weighted by Gasteiger charge is -1.92. The third kappa shape index (κ3) is 1.70. The number of aromatic nitrogens is 1. The lowest BCUT2D eigenvalue weighted by atomic mass is 10.4. The van der Waals surface area contributed by atoms with Crippen molar-refractivity contribution in [3.63, 3.8) is 0 Å². The van der Waals surface area contributed by atoms with Gasteiger partial charge in [-0.25, -0.2) is 4.39 Å². The molecule has 1 aromatic rings. The van der Waals surface area contributed by atoms with Gasteiger partial charge in [-0.05, 0) is 25.8 Å². The van der Waals surface area contributed by atoms with Crippen molar-refractivity contribution in [3.05, 3.63) is 32.7 Å². The molecule has 0 amide bonds. The largest absolute Gasteiger partial charge is 0.377 e. The van der Waals surface area contributed by atoms with Crippen molar-refractivity contribution in [2.75, 3.05) is 0 Å². The Morgan fingerprint density at radius 2 is 2.36 bits per heavy atom. The molecule has 1 aromatic heterocycles. The first-order valence-electron chi connectivity index (χ1n) is 2.56. The molecule has 0 saturated heterocycles. The van der Waals surface area contributed by atoms with E-state index in [-0.39, 0.29) is 10.3 Å². The Kier molecular flexibility index (Phi) is 2.13. The maximum atomic E-state index is 12.3. The summed E-state index contributed by atoms with van der Waals surface area (Å²) in [6, 6.07) is 0.991. The Hall–Kier alpha value is -1.04. The highest BCUT2D eigenvalue weighted by Gasteiger charge is 2.13. The van der Waals surface area contributed by atoms with E-state index in [1.54, 1.807) is 0 Å². The van der Waals surface area contributed by atoms with E-state index in [2.05, 4.69) is 20.9 Å². The second-order valence-corrected chi connectivity index (χ2v) is 2.57. The van der Waals surface area contributed by atoms with Crippen LogP contribution in [0.5, 0.6) is 0 Å². The summed E-state index contributed by atoms with van der Waals surface area (Å²) in [7, 11) is 0. The summed E-state index contributed by atoms with van der Waals surface area (Å²) in [5, 5.41) is 10.1. The molecule has 1 heterocycles. The SMILES string of the molecule is O=[N+]([O-])c1ncc(F)cc1Br. The average Bonchev–Trinajstić information content (AvgIpc) is 1.85. The van der Waals surface area contributed by atoms with Crippen LogP contribution < -0.4 is 0 Å². The van der Waals surface area contributed by atoms with Gasteiger partial charge in [-0.2, -0.15) is 0 Å². The van der Waals surface area contributed by atoms with Gasteiger partial charge in [0, 0.05) is 6.07 Å². The molecule has 0 radical (unpaired) electrons. The van der Waals surface area contributed by atoms with Crippen LogP contribution in [0, 0.1) is 15.9 Å². The fraction of sp³-hybridized carbons (Fsp3) is 0. The van der Waals surface area contributed by atoms with Crippen LogP contribution in [0.15, 0.2) is 16.7 Å². The molecule has 0 fully saturated rings. The Labute approximate surface area is 69.3 Å². The zero-order valence-corrected chi connectivity index (χ0v) is 6.71. The first-order chi connectivity index (χ1) is 5.11. The lowest BCUT2D eigenvalue weighted by molar-refractivity contribution is -0.390. The number of hydrogen-bond donors (Lipinski definition) is 0. The average molecular weight is 221 g/mol. The van der Waals surface area contributed by atoms with Crippen LogP contribution in [-0.2, 0) is 0 Å². The van der Waals surface area contributed by atoms with Gasteiger partial charge in [-0.15, -0.1) is 0 Å². The fourth-order valence-corrected chi connectivity index (χ4v) is 1.01. The minimum Gasteiger partial charge on any atom is -0.358 e. The summed E-state index contributed by atoms with van der Waals surface area (Å²) in [5.74, 6) is -0.992. The molecule has 0 N–H and O–H groups in total. The first kappa shape index (κ1) is 8.06. The van der Waals surface area contributed by atoms with Crippen molar-refractivity contribution in [2.45, 2.75) is 0 Å². The molecular weight excluding hydrogens is 219 g/mol. The molecule has 6 heteroatoms. The van der Waals surface area contributed by atoms with E-state index in [4.69, 9.17) is 0 Å². The topological polar surface area (TPSA) is 56.0 Å². The smallest absolute Gasteiger partial charge is 0.358 e. The van der Waals surface area contributed by atoms with E-state index in [0.717, 1.165) is 12.3 Å². The first-order valence-corrected chi connectivity index (χ1v) is 3.36. The quantitative estimate of drug-likeness (QED) is 0.537. The minimum absolute atomic E-state index is 0.0440. The zero-order chi connectivity index (χ0) is 8.43. The molecule has 0 bridgehead atoms. The van der Waals surface area contributed by atoms with Gasteiger partial charge in [0.25, 0.3) is 0 Å². The highest BCUT2D eigenvalue weighted by molar-refractivity contribution is 9.10. The molecule has 0 saturated carbocycles. The van der Waals surface area contributed by atoms with Gasteiger partial charge in [-0.3, -0.25) is 0 Å². The van der Waals surface area contributed by atoms with Crippen LogP contribution in [0.4, 0.5) is 10.2 Å². The van der Waals surface area contributed by atoms with Crippen molar-refractivity contribution >= 4 is 21.7 Å². The molecule has 58 valence electrons. The van der Waals surface area contributed by atoms with E-state index in [9.17, 15) is 14.5 Å². The van der Waals surface area contributed by atoms with Crippen molar-refractivity contribution in [1.82, 2.24) is 4.98 Å². The number of halogens is 2. The molecule has 11 heavy (non-hydrogen) atoms. The van der Waals surface area contributed by atoms with Gasteiger partial charge in [0.15, 0.2) is 12.0 Å². The third-order valence-corrected chi connectivity index (χ3v) is 1.54. The molecule has 4 nitrogen and oxygen atoms in total. The van der Waals surface area contributed by atoms with E-state index in [0.29, 0.717) is 0 Å². The maximum Gasteiger partial charge on any atom is 0.377 e. The van der Waals surface area contributed by atoms with E-state index in [1.165, 1.54) is 0 Å². The fourth-order valence-electron chi connectivity index (χ4n) is 0.542. The molecule has 0 spiro atoms. The van der Waals surface area contributed by atoms with Gasteiger partial charge in [0.2, 0.25) is 0 Å². The highest BCUT2D eigenvalue weighted by atomic mass is 79.9. The Balaban J connectivity index is 3.20. The summed E-state index contributed by atoms with van der Waals surface area (Å²) in [6.45, 7) is 0. The number of hydrogen-bond acceptors (Lipinski definition) is 3. The summed E-state index contributed by atoms with van der Waals surface area (Å²) >= 11 is 2.80. The molecule has 0 unspecified atom stereocenters. The third-order valence-electron chi connectivity index (χ3n) is 0.961. The van der Waals surface area contributed by atoms with Gasteiger partial charge in [0.1, 0.15) is 4.47 Å². The summed E-state index contributed by atoms with van der Waals surface area (Å²) in [6.07, 6.45) is 0.795. The lowest BCUT2D eigenvalue weighted by Crippen LogP contribution is -1.93. The summed E-state index contributed by atoms with van der Waals surface area (Å²) < 4.78 is 12.3. The molecule has 0 atom stereocenters. The Bertz CT molecular complexity index is 305. The molecule has 0 aliphatic rings. The second kappa shape index (κ2) is 2.91. The van der Waals surface area contributed by atoms with Crippen LogP contribution in [0.25, 0.3) is 0 Å². The van der Waals surface area contributed by atoms with Gasteiger partial charge < -0.3 is 10.1 Å². The van der Waals surface area contributed by atoms with Gasteiger partial charge >= 0.3 is 5.82 Å². The van der Waals surface area contributed by atoms with E-state index >= 15 is 0 Å². The maximum absolute atomic E-state index is 12.3. The Morgan fingerprint density at radius 1 is 1.73 bits per heavy atom. The van der Waals surface area contributed by atoms with Crippen molar-refractivity contribution in [2.24, 2.45) is 0 Å². The second-order valence-electron chi connectivity index (χ2n) is 1.72. The molecular formula is C5H2BrFN2O2. The van der Waals surface area contributed by atoms with E-state index < -0.39 is 10.7 Å². The monoisotopic (exact) mass is 220 g/mol. The molecule has 1 rings (SSSR count). The number of pyridine rings is 1. The van der Waals surface area contributed by atoms with Crippen molar-refractivity contribution in [3.8, 4) is 0 Å². The Morgan fingerprint density at radius 3 is 2.82 bits per heavy atom. The minimum atomic E-state index is -0.691. The number of nitro groups is 1. The van der Waals surface area contributed by atoms with Crippen LogP contribution in [-0.4, -0.2) is 9.91 Å². The standard InChI is InChI=1S/C5H2BrFN2O2/c6-4-1-3(7)2-8-5(4)9(10)11/h1-2H. The van der Waals surface area contributed by atoms with Crippen LogP contribution in [0.2, 0.25) is 0 Å². The summed E-state index contributed by atoms with van der Waals surface area (Å²) in [4.78, 5) is 12.7. The van der Waals surface area contributed by atoms with Crippen LogP contribution in [0.1, 0.15) is 0 Å².